The number of hydrogen-bond acceptors (Lipinski definition) is 3. The van der Waals surface area contributed by atoms with E-state index >= 15 is 0 Å². The summed E-state index contributed by atoms with van der Waals surface area (Å²) in [5.41, 5.74) is 6.84. The van der Waals surface area contributed by atoms with E-state index in [9.17, 15) is 4.39 Å². The van der Waals surface area contributed by atoms with Crippen LogP contribution in [0.25, 0.3) is 0 Å². The number of hydrogen-bond donors (Lipinski definition) is 1. The molecule has 0 saturated carbocycles. The highest BCUT2D eigenvalue weighted by Gasteiger charge is 2.29. The van der Waals surface area contributed by atoms with E-state index in [1.807, 2.05) is 19.1 Å². The first kappa shape index (κ1) is 15.4. The van der Waals surface area contributed by atoms with Crippen molar-refractivity contribution in [3.8, 4) is 0 Å². The first-order valence-corrected chi connectivity index (χ1v) is 7.36. The van der Waals surface area contributed by atoms with Gasteiger partial charge in [-0.1, -0.05) is 18.2 Å². The molecule has 1 aromatic carbocycles. The van der Waals surface area contributed by atoms with Gasteiger partial charge in [-0.25, -0.2) is 4.39 Å². The maximum Gasteiger partial charge on any atom is 0.128 e. The maximum absolute atomic E-state index is 14.1. The molecule has 4 heteroatoms. The zero-order valence-corrected chi connectivity index (χ0v) is 12.4. The van der Waals surface area contributed by atoms with Crippen molar-refractivity contribution in [2.45, 2.75) is 31.8 Å². The summed E-state index contributed by atoms with van der Waals surface area (Å²) in [5.74, 6) is 0.458. The highest BCUT2D eigenvalue weighted by Crippen LogP contribution is 2.30. The Morgan fingerprint density at radius 2 is 2.00 bits per heavy atom. The van der Waals surface area contributed by atoms with E-state index in [4.69, 9.17) is 10.5 Å². The molecule has 0 bridgehead atoms. The van der Waals surface area contributed by atoms with Crippen LogP contribution in [0.2, 0.25) is 0 Å². The Balaban J connectivity index is 2.09. The molecule has 2 atom stereocenters. The molecule has 1 saturated heterocycles. The maximum atomic E-state index is 14.1. The molecule has 1 aromatic rings. The van der Waals surface area contributed by atoms with E-state index in [0.29, 0.717) is 11.5 Å². The van der Waals surface area contributed by atoms with Crippen molar-refractivity contribution in [2.24, 2.45) is 11.7 Å². The minimum absolute atomic E-state index is 0.0419. The summed E-state index contributed by atoms with van der Waals surface area (Å²) in [6, 6.07) is 6.84. The number of likely N-dealkylation sites (tertiary alicyclic amines) is 1. The number of halogens is 1. The molecule has 1 aliphatic rings. The van der Waals surface area contributed by atoms with E-state index in [0.717, 1.165) is 32.5 Å². The third kappa shape index (κ3) is 3.57. The zero-order valence-electron chi connectivity index (χ0n) is 12.4. The largest absolute Gasteiger partial charge is 0.384 e. The van der Waals surface area contributed by atoms with Crippen LogP contribution in [0.5, 0.6) is 0 Å². The lowest BCUT2D eigenvalue weighted by molar-refractivity contribution is 0.0725. The Labute approximate surface area is 120 Å². The summed E-state index contributed by atoms with van der Waals surface area (Å²) in [6.07, 6.45) is 2.18. The molecule has 1 heterocycles. The molecule has 1 aliphatic heterocycles. The summed E-state index contributed by atoms with van der Waals surface area (Å²) in [6.45, 7) is 4.68. The average Bonchev–Trinajstić information content (AvgIpc) is 2.43. The normalized spacial score (nSPS) is 20.8. The van der Waals surface area contributed by atoms with Crippen LogP contribution >= 0.6 is 0 Å². The fourth-order valence-corrected chi connectivity index (χ4v) is 3.16. The van der Waals surface area contributed by atoms with Crippen LogP contribution in [0, 0.1) is 11.7 Å². The topological polar surface area (TPSA) is 38.5 Å². The molecule has 112 valence electrons. The summed E-state index contributed by atoms with van der Waals surface area (Å²) in [7, 11) is 1.75. The van der Waals surface area contributed by atoms with Gasteiger partial charge < -0.3 is 10.5 Å². The Bertz CT molecular complexity index is 417. The average molecular weight is 280 g/mol. The van der Waals surface area contributed by atoms with E-state index in [2.05, 4.69) is 4.90 Å². The molecule has 0 aromatic heterocycles. The minimum atomic E-state index is -0.159. The van der Waals surface area contributed by atoms with Gasteiger partial charge in [0.1, 0.15) is 5.82 Å². The first-order chi connectivity index (χ1) is 9.63. The molecule has 1 fully saturated rings. The van der Waals surface area contributed by atoms with Gasteiger partial charge in [-0.2, -0.15) is 0 Å². The standard InChI is InChI=1S/C16H25FN2O/c1-12(18)16(14-5-3-4-6-15(14)17)19-9-7-13(8-10-19)11-20-2/h3-6,12-13,16H,7-11,18H2,1-2H3. The van der Waals surface area contributed by atoms with Crippen molar-refractivity contribution in [3.05, 3.63) is 35.6 Å². The van der Waals surface area contributed by atoms with E-state index in [-0.39, 0.29) is 17.9 Å². The van der Waals surface area contributed by atoms with Crippen LogP contribution < -0.4 is 5.73 Å². The van der Waals surface area contributed by atoms with Gasteiger partial charge in [-0.3, -0.25) is 4.90 Å². The second-order valence-corrected chi connectivity index (χ2v) is 5.76. The quantitative estimate of drug-likeness (QED) is 0.901. The Hall–Kier alpha value is -0.970. The predicted octanol–water partition coefficient (Wildman–Crippen LogP) is 2.57. The number of nitrogens with two attached hydrogens (primary N) is 1. The lowest BCUT2D eigenvalue weighted by Crippen LogP contribution is -2.44. The minimum Gasteiger partial charge on any atom is -0.384 e. The van der Waals surface area contributed by atoms with Crippen LogP contribution in [-0.2, 0) is 4.74 Å². The fourth-order valence-electron chi connectivity index (χ4n) is 3.16. The molecule has 0 spiro atoms. The number of rotatable bonds is 5. The smallest absolute Gasteiger partial charge is 0.128 e. The molecule has 0 amide bonds. The molecule has 3 nitrogen and oxygen atoms in total. The van der Waals surface area contributed by atoms with Gasteiger partial charge in [0.2, 0.25) is 0 Å². The van der Waals surface area contributed by atoms with Crippen molar-refractivity contribution in [2.75, 3.05) is 26.8 Å². The Kier molecular flexibility index (Phi) is 5.52. The molecular formula is C16H25FN2O. The SMILES string of the molecule is COCC1CCN(C(c2ccccc2F)C(C)N)CC1. The van der Waals surface area contributed by atoms with Crippen LogP contribution in [-0.4, -0.2) is 37.7 Å². The molecule has 2 N–H and O–H groups in total. The number of nitrogens with zero attached hydrogens (tertiary/aromatic N) is 1. The van der Waals surface area contributed by atoms with Crippen LogP contribution in [0.1, 0.15) is 31.4 Å². The molecule has 0 radical (unpaired) electrons. The molecular weight excluding hydrogens is 255 g/mol. The monoisotopic (exact) mass is 280 g/mol. The van der Waals surface area contributed by atoms with Crippen LogP contribution in [0.4, 0.5) is 4.39 Å². The van der Waals surface area contributed by atoms with Gasteiger partial charge in [0.25, 0.3) is 0 Å². The summed E-state index contributed by atoms with van der Waals surface area (Å²) >= 11 is 0. The highest BCUT2D eigenvalue weighted by atomic mass is 19.1. The van der Waals surface area contributed by atoms with Crippen molar-refractivity contribution in [1.82, 2.24) is 4.90 Å². The zero-order chi connectivity index (χ0) is 14.5. The van der Waals surface area contributed by atoms with Crippen molar-refractivity contribution in [1.29, 1.82) is 0 Å². The van der Waals surface area contributed by atoms with Gasteiger partial charge in [-0.05, 0) is 44.8 Å². The molecule has 0 aliphatic carbocycles. The second kappa shape index (κ2) is 7.16. The van der Waals surface area contributed by atoms with Gasteiger partial charge >= 0.3 is 0 Å². The van der Waals surface area contributed by atoms with E-state index in [1.165, 1.54) is 6.07 Å². The van der Waals surface area contributed by atoms with Gasteiger partial charge in [-0.15, -0.1) is 0 Å². The molecule has 20 heavy (non-hydrogen) atoms. The fraction of sp³-hybridized carbons (Fsp3) is 0.625. The van der Waals surface area contributed by atoms with E-state index < -0.39 is 0 Å². The Morgan fingerprint density at radius 1 is 1.35 bits per heavy atom. The number of methoxy groups -OCH3 is 1. The lowest BCUT2D eigenvalue weighted by Gasteiger charge is -2.39. The third-order valence-corrected chi connectivity index (χ3v) is 4.17. The van der Waals surface area contributed by atoms with Crippen molar-refractivity contribution >= 4 is 0 Å². The Morgan fingerprint density at radius 3 is 2.55 bits per heavy atom. The number of benzene rings is 1. The summed E-state index contributed by atoms with van der Waals surface area (Å²) < 4.78 is 19.3. The number of ether oxygens (including phenoxy) is 1. The van der Waals surface area contributed by atoms with Crippen LogP contribution in [0.3, 0.4) is 0 Å². The first-order valence-electron chi connectivity index (χ1n) is 7.36. The van der Waals surface area contributed by atoms with Gasteiger partial charge in [0.15, 0.2) is 0 Å². The van der Waals surface area contributed by atoms with E-state index in [1.54, 1.807) is 13.2 Å². The lowest BCUT2D eigenvalue weighted by atomic mass is 9.92. The second-order valence-electron chi connectivity index (χ2n) is 5.76. The predicted molar refractivity (Wildman–Crippen MR) is 79.0 cm³/mol. The van der Waals surface area contributed by atoms with Gasteiger partial charge in [0.05, 0.1) is 6.04 Å². The van der Waals surface area contributed by atoms with Crippen molar-refractivity contribution in [3.63, 3.8) is 0 Å². The van der Waals surface area contributed by atoms with Crippen molar-refractivity contribution < 1.29 is 9.13 Å². The summed E-state index contributed by atoms with van der Waals surface area (Å²) in [5, 5.41) is 0. The van der Waals surface area contributed by atoms with Gasteiger partial charge in [0, 0.05) is 25.3 Å². The van der Waals surface area contributed by atoms with Crippen LogP contribution in [0.15, 0.2) is 24.3 Å². The number of piperidine rings is 1. The summed E-state index contributed by atoms with van der Waals surface area (Å²) in [4.78, 5) is 2.31. The highest BCUT2D eigenvalue weighted by molar-refractivity contribution is 5.23. The molecule has 2 rings (SSSR count). The molecule has 2 unspecified atom stereocenters. The third-order valence-electron chi connectivity index (χ3n) is 4.17.